The summed E-state index contributed by atoms with van der Waals surface area (Å²) in [5.74, 6) is 0. The lowest BCUT2D eigenvalue weighted by Gasteiger charge is -2.16. The lowest BCUT2D eigenvalue weighted by molar-refractivity contribution is 0.501. The highest BCUT2D eigenvalue weighted by molar-refractivity contribution is 7.89. The number of sulfonamides is 1. The van der Waals surface area contributed by atoms with Gasteiger partial charge in [-0.1, -0.05) is 0 Å². The predicted octanol–water partition coefficient (Wildman–Crippen LogP) is 1.48. The first-order chi connectivity index (χ1) is 9.39. The number of nitrogens with one attached hydrogen (secondary N) is 1. The van der Waals surface area contributed by atoms with Crippen molar-refractivity contribution in [2.24, 2.45) is 11.1 Å². The largest absolute Gasteiger partial charge is 0.384 e. The van der Waals surface area contributed by atoms with Gasteiger partial charge in [0.15, 0.2) is 0 Å². The molecule has 112 valence electrons. The van der Waals surface area contributed by atoms with Gasteiger partial charge in [-0.3, -0.25) is 0 Å². The summed E-state index contributed by atoms with van der Waals surface area (Å²) in [5.41, 5.74) is 6.93. The van der Waals surface area contributed by atoms with Crippen LogP contribution in [0.25, 0.3) is 0 Å². The highest BCUT2D eigenvalue weighted by atomic mass is 32.2. The van der Waals surface area contributed by atoms with E-state index in [1.165, 1.54) is 31.2 Å². The number of anilines is 1. The molecule has 1 fully saturated rings. The van der Waals surface area contributed by atoms with E-state index in [1.807, 2.05) is 12.1 Å². The molecule has 1 aromatic rings. The van der Waals surface area contributed by atoms with E-state index in [0.29, 0.717) is 10.3 Å². The maximum Gasteiger partial charge on any atom is 0.242 e. The minimum absolute atomic E-state index is 0.316. The van der Waals surface area contributed by atoms with Crippen LogP contribution in [0.1, 0.15) is 19.3 Å². The van der Waals surface area contributed by atoms with Crippen molar-refractivity contribution in [3.63, 3.8) is 0 Å². The fraction of sp³-hybridized carbons (Fsp3) is 0.571. The van der Waals surface area contributed by atoms with Crippen molar-refractivity contribution in [2.75, 3.05) is 32.5 Å². The molecular formula is C14H23N3O2S. The predicted molar refractivity (Wildman–Crippen MR) is 81.1 cm³/mol. The summed E-state index contributed by atoms with van der Waals surface area (Å²) in [6.07, 6.45) is 3.50. The Labute approximate surface area is 121 Å². The molecule has 1 aliphatic rings. The molecule has 3 N–H and O–H groups in total. The van der Waals surface area contributed by atoms with Gasteiger partial charge < -0.3 is 11.1 Å². The lowest BCUT2D eigenvalue weighted by atomic mass is 10.0. The van der Waals surface area contributed by atoms with Gasteiger partial charge in [-0.25, -0.2) is 12.7 Å². The highest BCUT2D eigenvalue weighted by Gasteiger charge is 2.41. The molecule has 2 rings (SSSR count). The number of nitrogens with two attached hydrogens (primary N) is 1. The molecule has 0 unspecified atom stereocenters. The van der Waals surface area contributed by atoms with E-state index in [0.717, 1.165) is 25.2 Å². The molecule has 1 saturated carbocycles. The second-order valence-corrected chi connectivity index (χ2v) is 7.86. The first kappa shape index (κ1) is 15.3. The van der Waals surface area contributed by atoms with Crippen LogP contribution in [0, 0.1) is 5.41 Å². The van der Waals surface area contributed by atoms with Crippen LogP contribution in [0.5, 0.6) is 0 Å². The first-order valence-corrected chi connectivity index (χ1v) is 8.30. The van der Waals surface area contributed by atoms with Crippen LogP contribution in [-0.2, 0) is 10.0 Å². The van der Waals surface area contributed by atoms with Crippen LogP contribution < -0.4 is 11.1 Å². The van der Waals surface area contributed by atoms with Gasteiger partial charge in [0.05, 0.1) is 4.90 Å². The van der Waals surface area contributed by atoms with E-state index >= 15 is 0 Å². The first-order valence-electron chi connectivity index (χ1n) is 6.86. The van der Waals surface area contributed by atoms with Gasteiger partial charge in [0, 0.05) is 26.3 Å². The summed E-state index contributed by atoms with van der Waals surface area (Å²) in [7, 11) is -0.278. The van der Waals surface area contributed by atoms with E-state index in [1.54, 1.807) is 12.1 Å². The summed E-state index contributed by atoms with van der Waals surface area (Å²) < 4.78 is 25.1. The Kier molecular flexibility index (Phi) is 4.36. The van der Waals surface area contributed by atoms with Crippen LogP contribution in [-0.4, -0.2) is 39.9 Å². The molecule has 0 atom stereocenters. The maximum atomic E-state index is 11.9. The number of rotatable bonds is 7. The minimum atomic E-state index is -3.34. The molecular weight excluding hydrogens is 274 g/mol. The van der Waals surface area contributed by atoms with Crippen molar-refractivity contribution < 1.29 is 8.42 Å². The van der Waals surface area contributed by atoms with Crippen LogP contribution in [0.2, 0.25) is 0 Å². The third kappa shape index (κ3) is 3.31. The average molecular weight is 297 g/mol. The van der Waals surface area contributed by atoms with E-state index in [9.17, 15) is 8.42 Å². The Balaban J connectivity index is 1.99. The van der Waals surface area contributed by atoms with Crippen molar-refractivity contribution in [1.29, 1.82) is 0 Å². The molecule has 5 nitrogen and oxygen atoms in total. The standard InChI is InChI=1S/C14H23N3O2S/c1-17(2)20(18,19)13-5-3-12(4-6-13)16-11-14(7-8-14)9-10-15/h3-6,16H,7-11,15H2,1-2H3. The quantitative estimate of drug-likeness (QED) is 0.799. The molecule has 0 aromatic heterocycles. The van der Waals surface area contributed by atoms with E-state index in [4.69, 9.17) is 5.73 Å². The second kappa shape index (κ2) is 5.71. The molecule has 0 saturated heterocycles. The fourth-order valence-electron chi connectivity index (χ4n) is 2.24. The van der Waals surface area contributed by atoms with E-state index < -0.39 is 10.0 Å². The van der Waals surface area contributed by atoms with E-state index in [2.05, 4.69) is 5.32 Å². The lowest BCUT2D eigenvalue weighted by Crippen LogP contribution is -2.22. The van der Waals surface area contributed by atoms with Gasteiger partial charge >= 0.3 is 0 Å². The van der Waals surface area contributed by atoms with Crippen molar-refractivity contribution in [3.05, 3.63) is 24.3 Å². The number of nitrogens with zero attached hydrogens (tertiary/aromatic N) is 1. The fourth-order valence-corrected chi connectivity index (χ4v) is 3.14. The van der Waals surface area contributed by atoms with Gasteiger partial charge in [-0.15, -0.1) is 0 Å². The topological polar surface area (TPSA) is 75.4 Å². The Hall–Kier alpha value is -1.11. The normalized spacial score (nSPS) is 17.2. The molecule has 1 aliphatic carbocycles. The van der Waals surface area contributed by atoms with Crippen LogP contribution >= 0.6 is 0 Å². The van der Waals surface area contributed by atoms with Crippen molar-refractivity contribution in [1.82, 2.24) is 4.31 Å². The zero-order chi connectivity index (χ0) is 14.8. The van der Waals surface area contributed by atoms with Gasteiger partial charge in [0.2, 0.25) is 10.0 Å². The summed E-state index contributed by atoms with van der Waals surface area (Å²) >= 11 is 0. The van der Waals surface area contributed by atoms with Gasteiger partial charge in [-0.2, -0.15) is 0 Å². The molecule has 0 aliphatic heterocycles. The molecule has 0 spiro atoms. The summed E-state index contributed by atoms with van der Waals surface area (Å²) in [5, 5.41) is 3.38. The van der Waals surface area contributed by atoms with Crippen molar-refractivity contribution in [3.8, 4) is 0 Å². The van der Waals surface area contributed by atoms with E-state index in [-0.39, 0.29) is 0 Å². The van der Waals surface area contributed by atoms with Crippen LogP contribution in [0.4, 0.5) is 5.69 Å². The summed E-state index contributed by atoms with van der Waals surface area (Å²) in [6.45, 7) is 1.63. The Bertz CT molecular complexity index is 548. The smallest absolute Gasteiger partial charge is 0.242 e. The third-order valence-corrected chi connectivity index (χ3v) is 5.76. The Morgan fingerprint density at radius 1 is 1.25 bits per heavy atom. The zero-order valence-electron chi connectivity index (χ0n) is 12.1. The average Bonchev–Trinajstić information content (AvgIpc) is 3.17. The zero-order valence-corrected chi connectivity index (χ0v) is 12.9. The molecule has 20 heavy (non-hydrogen) atoms. The molecule has 0 heterocycles. The van der Waals surface area contributed by atoms with Crippen molar-refractivity contribution >= 4 is 15.7 Å². The van der Waals surface area contributed by atoms with Crippen LogP contribution in [0.3, 0.4) is 0 Å². The number of hydrogen-bond donors (Lipinski definition) is 2. The van der Waals surface area contributed by atoms with Gasteiger partial charge in [0.1, 0.15) is 0 Å². The minimum Gasteiger partial charge on any atom is -0.384 e. The van der Waals surface area contributed by atoms with Gasteiger partial charge in [0.25, 0.3) is 0 Å². The number of benzene rings is 1. The monoisotopic (exact) mass is 297 g/mol. The Morgan fingerprint density at radius 2 is 1.85 bits per heavy atom. The van der Waals surface area contributed by atoms with Crippen LogP contribution in [0.15, 0.2) is 29.2 Å². The number of hydrogen-bond acceptors (Lipinski definition) is 4. The molecule has 6 heteroatoms. The maximum absolute atomic E-state index is 11.9. The second-order valence-electron chi connectivity index (χ2n) is 5.70. The molecule has 0 radical (unpaired) electrons. The van der Waals surface area contributed by atoms with Crippen molar-refractivity contribution in [2.45, 2.75) is 24.2 Å². The summed E-state index contributed by atoms with van der Waals surface area (Å²) in [4.78, 5) is 0.316. The highest BCUT2D eigenvalue weighted by Crippen LogP contribution is 2.48. The summed E-state index contributed by atoms with van der Waals surface area (Å²) in [6, 6.07) is 6.91. The Morgan fingerprint density at radius 3 is 2.30 bits per heavy atom. The third-order valence-electron chi connectivity index (χ3n) is 3.93. The van der Waals surface area contributed by atoms with Gasteiger partial charge in [-0.05, 0) is 55.5 Å². The molecule has 0 bridgehead atoms. The molecule has 1 aromatic carbocycles. The molecule has 0 amide bonds. The SMILES string of the molecule is CN(C)S(=O)(=O)c1ccc(NCC2(CCN)CC2)cc1.